The number of alkyl carbamates (subject to hydrolysis) is 1. The predicted octanol–water partition coefficient (Wildman–Crippen LogP) is 10.9. The molecule has 1 saturated heterocycles. The summed E-state index contributed by atoms with van der Waals surface area (Å²) in [4.78, 5) is 171. The van der Waals surface area contributed by atoms with Gasteiger partial charge in [-0.15, -0.1) is 11.3 Å². The molecular weight excluding hydrogens is 1470 g/mol. The largest absolute Gasteiger partial charge is 0.445 e. The summed E-state index contributed by atoms with van der Waals surface area (Å²) in [6.07, 6.45) is 2.60. The molecular formula is C85H136N10O17S. The number of amides is 8. The van der Waals surface area contributed by atoms with Gasteiger partial charge in [-0.25, -0.2) is 14.6 Å². The summed E-state index contributed by atoms with van der Waals surface area (Å²) in [5.41, 5.74) is 4.88. The number of carbonyl (C=O) groups excluding carboxylic acids is 12. The van der Waals surface area contributed by atoms with Crippen molar-refractivity contribution in [1.82, 2.24) is 41.4 Å². The summed E-state index contributed by atoms with van der Waals surface area (Å²) in [6, 6.07) is 13.2. The van der Waals surface area contributed by atoms with E-state index in [2.05, 4.69) is 49.0 Å². The molecule has 0 aliphatic carbocycles. The molecule has 3 aromatic rings. The molecule has 0 radical (unpaired) electrons. The molecule has 1 aliphatic heterocycles. The van der Waals surface area contributed by atoms with E-state index in [1.54, 1.807) is 63.4 Å². The molecule has 0 saturated carbocycles. The van der Waals surface area contributed by atoms with Crippen LogP contribution in [-0.4, -0.2) is 200 Å². The van der Waals surface area contributed by atoms with Crippen LogP contribution in [0, 0.1) is 46.8 Å². The monoisotopic (exact) mass is 1600 g/mol. The first-order valence-corrected chi connectivity index (χ1v) is 40.6. The zero-order valence-corrected chi connectivity index (χ0v) is 70.9. The van der Waals surface area contributed by atoms with Gasteiger partial charge >= 0.3 is 12.1 Å². The van der Waals surface area contributed by atoms with E-state index in [1.165, 1.54) is 39.2 Å². The fourth-order valence-corrected chi connectivity index (χ4v) is 15.0. The van der Waals surface area contributed by atoms with E-state index in [4.69, 9.17) is 29.4 Å². The normalized spacial score (nSPS) is 16.2. The highest BCUT2D eigenvalue weighted by Crippen LogP contribution is 2.35. The second-order valence-corrected chi connectivity index (χ2v) is 34.2. The minimum absolute atomic E-state index is 0. The van der Waals surface area contributed by atoms with Gasteiger partial charge in [0, 0.05) is 125 Å². The van der Waals surface area contributed by atoms with Crippen molar-refractivity contribution in [2.75, 3.05) is 72.6 Å². The number of likely N-dealkylation sites (N-methyl/N-ethyl adjacent to an activating group) is 1. The number of anilines is 1. The first-order chi connectivity index (χ1) is 52.6. The number of urea groups is 1. The van der Waals surface area contributed by atoms with Gasteiger partial charge in [-0.2, -0.15) is 0 Å². The predicted molar refractivity (Wildman–Crippen MR) is 438 cm³/mol. The maximum absolute atomic E-state index is 14.9. The third-order valence-corrected chi connectivity index (χ3v) is 21.7. The first-order valence-electron chi connectivity index (χ1n) is 39.7. The Bertz CT molecular complexity index is 3510. The van der Waals surface area contributed by atoms with Crippen LogP contribution in [0.5, 0.6) is 0 Å². The van der Waals surface area contributed by atoms with Crippen molar-refractivity contribution in [3.63, 3.8) is 0 Å². The Morgan fingerprint density at radius 2 is 1.40 bits per heavy atom. The smallest absolute Gasteiger partial charge is 0.408 e. The van der Waals surface area contributed by atoms with Gasteiger partial charge in [0.05, 0.1) is 85.7 Å². The number of carbonyl (C=O) groups is 12. The second-order valence-electron chi connectivity index (χ2n) is 33.3. The number of nitrogens with two attached hydrogens (primary N) is 1. The molecule has 0 unspecified atom stereocenters. The van der Waals surface area contributed by atoms with E-state index in [-0.39, 0.29) is 169 Å². The molecule has 113 heavy (non-hydrogen) atoms. The number of rotatable bonds is 51. The van der Waals surface area contributed by atoms with Crippen molar-refractivity contribution in [2.24, 2.45) is 52.6 Å². The molecule has 634 valence electrons. The number of ether oxygens (including phenoxy) is 5. The van der Waals surface area contributed by atoms with Crippen molar-refractivity contribution in [3.05, 3.63) is 82.3 Å². The summed E-state index contributed by atoms with van der Waals surface area (Å²) in [6.45, 7) is 29.7. The van der Waals surface area contributed by atoms with E-state index < -0.39 is 106 Å². The lowest BCUT2D eigenvalue weighted by Gasteiger charge is -2.41. The number of nitrogens with zero attached hydrogens (tertiary/aromatic N) is 3. The molecule has 0 spiro atoms. The van der Waals surface area contributed by atoms with E-state index in [9.17, 15) is 57.5 Å². The van der Waals surface area contributed by atoms with Crippen molar-refractivity contribution in [3.8, 4) is 0 Å². The molecule has 2 heterocycles. The molecule has 2 aromatic carbocycles. The highest BCUT2D eigenvalue weighted by molar-refractivity contribution is 7.09. The Balaban J connectivity index is 0.0000331. The molecule has 28 heteroatoms. The van der Waals surface area contributed by atoms with E-state index in [1.807, 2.05) is 105 Å². The van der Waals surface area contributed by atoms with Gasteiger partial charge in [0.25, 0.3) is 0 Å². The maximum atomic E-state index is 14.9. The highest BCUT2D eigenvalue weighted by Gasteiger charge is 2.45. The van der Waals surface area contributed by atoms with Gasteiger partial charge in [0.2, 0.25) is 29.5 Å². The third-order valence-electron chi connectivity index (χ3n) is 20.8. The number of benzene rings is 2. The molecule has 8 amide bonds. The Morgan fingerprint density at radius 1 is 0.735 bits per heavy atom. The number of aromatic nitrogens is 1. The maximum Gasteiger partial charge on any atom is 0.408 e. The summed E-state index contributed by atoms with van der Waals surface area (Å²) in [7, 11) is 4.79. The lowest BCUT2D eigenvalue weighted by molar-refractivity contribution is -0.149. The summed E-state index contributed by atoms with van der Waals surface area (Å²) >= 11 is 1.53. The molecule has 27 nitrogen and oxygen atoms in total. The lowest BCUT2D eigenvalue weighted by atomic mass is 9.83. The SMILES string of the molecule is C.CC[C@H](C)[C@@H]([C@@H](CC(=O)N1CCC[C@H]1[C@H](OC)[C@@H](C)C(=O)C[C@@H](Cc1ccccc1)c1nccs1)OC)N(C)C(=O)[C@@H](CC(=O)C(C)(C)NC(=O)OCc1ccc(NC(=O)[C@H](CCCNC(N)=O)CC(=O)[C@@H](NC(=O)[C@H](COCCOCCNC(=O)CC[C@@H](NC(C)(C)C)C(=O)C(C)(C)C)CC(C)=O)C(C)C)cc1)C(C)C. The number of Topliss-reactive ketones (excluding diaryl/α,β-unsaturated/α-hetero) is 5. The molecule has 1 aromatic heterocycles. The number of primary amides is 1. The number of ketones is 5. The summed E-state index contributed by atoms with van der Waals surface area (Å²) in [5.74, 6) is -7.23. The van der Waals surface area contributed by atoms with Crippen LogP contribution in [0.1, 0.15) is 217 Å². The topological polar surface area (TPSA) is 369 Å². The Hall–Kier alpha value is -7.89. The summed E-state index contributed by atoms with van der Waals surface area (Å²) in [5, 5.41) is 19.8. The van der Waals surface area contributed by atoms with Crippen molar-refractivity contribution in [1.29, 1.82) is 0 Å². The molecule has 4 rings (SSSR count). The summed E-state index contributed by atoms with van der Waals surface area (Å²) < 4.78 is 29.3. The third kappa shape index (κ3) is 33.8. The van der Waals surface area contributed by atoms with Crippen LogP contribution in [0.25, 0.3) is 0 Å². The van der Waals surface area contributed by atoms with Crippen LogP contribution in [-0.2, 0) is 84.7 Å². The number of hydrogen-bond acceptors (Lipinski definition) is 20. The van der Waals surface area contributed by atoms with Gasteiger partial charge < -0.3 is 75.9 Å². The van der Waals surface area contributed by atoms with Gasteiger partial charge in [0.15, 0.2) is 17.3 Å². The van der Waals surface area contributed by atoms with Crippen LogP contribution in [0.2, 0.25) is 0 Å². The van der Waals surface area contributed by atoms with Crippen LogP contribution in [0.3, 0.4) is 0 Å². The molecule has 8 N–H and O–H groups in total. The minimum atomic E-state index is -1.49. The average molecular weight is 1600 g/mol. The van der Waals surface area contributed by atoms with Crippen LogP contribution < -0.4 is 37.6 Å². The van der Waals surface area contributed by atoms with Gasteiger partial charge in [0.1, 0.15) is 18.2 Å². The number of nitrogens with one attached hydrogen (secondary N) is 6. The number of methoxy groups -OCH3 is 2. The van der Waals surface area contributed by atoms with E-state index in [0.29, 0.717) is 43.5 Å². The van der Waals surface area contributed by atoms with E-state index in [0.717, 1.165) is 17.0 Å². The lowest BCUT2D eigenvalue weighted by Crippen LogP contribution is -2.55. The fourth-order valence-electron chi connectivity index (χ4n) is 14.2. The van der Waals surface area contributed by atoms with Gasteiger partial charge in [-0.05, 0) is 121 Å². The van der Waals surface area contributed by atoms with Crippen molar-refractivity contribution >= 4 is 87.6 Å². The minimum Gasteiger partial charge on any atom is -0.445 e. The first kappa shape index (κ1) is 99.3. The average Bonchev–Trinajstić information content (AvgIpc) is 1.79. The molecule has 1 fully saturated rings. The molecule has 0 bridgehead atoms. The van der Waals surface area contributed by atoms with Crippen LogP contribution in [0.15, 0.2) is 66.2 Å². The van der Waals surface area contributed by atoms with Gasteiger partial charge in [-0.1, -0.05) is 126 Å². The number of likely N-dealkylation sites (tertiary alicyclic amines) is 1. The van der Waals surface area contributed by atoms with E-state index >= 15 is 0 Å². The zero-order chi connectivity index (χ0) is 83.8. The Kier molecular flexibility index (Phi) is 42.6. The standard InChI is InChI=1S/C84H132N10O17S.CH4/c1-20-54(6)73(68(107-18)49-71(100)94-39-25-29-65(94)74(108-19)56(8)66(96)47-60(78-87-38-43-112-78)45-57-26-22-21-23-27-57)93(17)79(104)63(52(2)3)48-69(98)84(15,16)92-81(106)111-50-58-30-32-62(33-31-58)89-76(102)59(28-24-36-88-80(85)105)46-67(97)72(53(4)5)90-77(103)61(44-55(7)95)51-110-42-41-109-40-37-86-70(99)35-34-64(91-83(12,13)14)75(101)82(9,10)11;/h21-23,26-27,30-33,38,43,52-54,56,59-61,63-65,68,72-74,91H,20,24-25,28-29,34-37,39-42,44-51H2,1-19H3,(H,86,99)(H,89,102)(H,90,103)(H,92,106)(H3,85,88,105);1H4/t54-,56-,59+,60+,61-,63-,64+,65-,68+,72-,73-,74+;/m0./s1. The van der Waals surface area contributed by atoms with Crippen LogP contribution in [0.4, 0.5) is 15.3 Å². The zero-order valence-electron chi connectivity index (χ0n) is 70.1. The quantitative estimate of drug-likeness (QED) is 0.0258. The van der Waals surface area contributed by atoms with Crippen molar-refractivity contribution in [2.45, 2.75) is 262 Å². The number of hydrogen-bond donors (Lipinski definition) is 7. The Morgan fingerprint density at radius 3 is 1.97 bits per heavy atom. The van der Waals surface area contributed by atoms with Gasteiger partial charge in [-0.3, -0.25) is 43.2 Å². The van der Waals surface area contributed by atoms with Crippen LogP contribution >= 0.6 is 11.3 Å². The molecule has 12 atom stereocenters. The molecule has 1 aliphatic rings. The number of thiazole rings is 1. The van der Waals surface area contributed by atoms with Crippen molar-refractivity contribution < 1.29 is 81.2 Å². The Labute approximate surface area is 676 Å². The highest BCUT2D eigenvalue weighted by atomic mass is 32.1. The second kappa shape index (κ2) is 48.5. The fraction of sp³-hybridized carbons (Fsp3) is 0.682.